The third-order valence-corrected chi connectivity index (χ3v) is 2.76. The Bertz CT molecular complexity index is 536. The third kappa shape index (κ3) is 4.82. The molecule has 0 unspecified atom stereocenters. The Morgan fingerprint density at radius 1 is 1.53 bits per heavy atom. The van der Waals surface area contributed by atoms with Crippen molar-refractivity contribution < 1.29 is 9.53 Å². The molecule has 1 N–H and O–H groups in total. The van der Waals surface area contributed by atoms with Crippen LogP contribution in [-0.2, 0) is 16.1 Å². The van der Waals surface area contributed by atoms with E-state index in [1.807, 2.05) is 0 Å². The van der Waals surface area contributed by atoms with E-state index in [4.69, 9.17) is 33.2 Å². The van der Waals surface area contributed by atoms with E-state index in [9.17, 15) is 4.79 Å². The predicted molar refractivity (Wildman–Crippen MR) is 73.6 cm³/mol. The molecule has 6 heteroatoms. The van der Waals surface area contributed by atoms with E-state index in [1.165, 1.54) is 6.20 Å². The Balaban J connectivity index is 2.66. The van der Waals surface area contributed by atoms with Gasteiger partial charge in [0.05, 0.1) is 6.61 Å². The van der Waals surface area contributed by atoms with Gasteiger partial charge in [0.25, 0.3) is 0 Å². The van der Waals surface area contributed by atoms with Crippen molar-refractivity contribution >= 4 is 29.2 Å². The Hall–Kier alpha value is -1.70. The zero-order chi connectivity index (χ0) is 14.3. The largest absolute Gasteiger partial charge is 0.462 e. The van der Waals surface area contributed by atoms with Crippen molar-refractivity contribution in [2.75, 3.05) is 6.61 Å². The molecular formula is C13H12Cl2N2O2. The summed E-state index contributed by atoms with van der Waals surface area (Å²) < 4.78 is 4.72. The molecule has 100 valence electrons. The van der Waals surface area contributed by atoms with Crippen molar-refractivity contribution in [1.29, 1.82) is 5.26 Å². The Morgan fingerprint density at radius 2 is 2.26 bits per heavy atom. The standard InChI is InChI=1S/C13H12Cl2N2O2/c1-2-19-13(18)10(6-16)8-17-7-9-3-4-11(14)5-12(9)15/h3-5,8,17H,2,7H2,1H3/b10-8+. The van der Waals surface area contributed by atoms with Crippen LogP contribution >= 0.6 is 23.2 Å². The molecule has 0 bridgehead atoms. The summed E-state index contributed by atoms with van der Waals surface area (Å²) in [5, 5.41) is 12.7. The molecule has 4 nitrogen and oxygen atoms in total. The van der Waals surface area contributed by atoms with Crippen LogP contribution in [0.15, 0.2) is 30.0 Å². The lowest BCUT2D eigenvalue weighted by atomic mass is 10.2. The van der Waals surface area contributed by atoms with E-state index in [1.54, 1.807) is 31.2 Å². The summed E-state index contributed by atoms with van der Waals surface area (Å²) in [5.74, 6) is -0.653. The van der Waals surface area contributed by atoms with Gasteiger partial charge in [-0.1, -0.05) is 29.3 Å². The van der Waals surface area contributed by atoms with Gasteiger partial charge in [-0.15, -0.1) is 0 Å². The third-order valence-electron chi connectivity index (χ3n) is 2.17. The average Bonchev–Trinajstić information content (AvgIpc) is 2.37. The minimum Gasteiger partial charge on any atom is -0.462 e. The van der Waals surface area contributed by atoms with Crippen LogP contribution < -0.4 is 5.32 Å². The van der Waals surface area contributed by atoms with Crippen molar-refractivity contribution in [1.82, 2.24) is 5.32 Å². The number of nitrogens with one attached hydrogen (secondary N) is 1. The van der Waals surface area contributed by atoms with Gasteiger partial charge >= 0.3 is 5.97 Å². The van der Waals surface area contributed by atoms with Gasteiger partial charge in [0.1, 0.15) is 6.07 Å². The molecule has 1 aromatic rings. The van der Waals surface area contributed by atoms with Crippen molar-refractivity contribution in [2.45, 2.75) is 13.5 Å². The molecule has 0 amide bonds. The highest BCUT2D eigenvalue weighted by molar-refractivity contribution is 6.35. The molecule has 1 rings (SSSR count). The van der Waals surface area contributed by atoms with Gasteiger partial charge in [-0.3, -0.25) is 0 Å². The van der Waals surface area contributed by atoms with Gasteiger partial charge in [0.2, 0.25) is 0 Å². The maximum absolute atomic E-state index is 11.3. The highest BCUT2D eigenvalue weighted by atomic mass is 35.5. The van der Waals surface area contributed by atoms with Crippen LogP contribution in [0.2, 0.25) is 10.0 Å². The summed E-state index contributed by atoms with van der Waals surface area (Å²) in [5.41, 5.74) is 0.718. The number of carbonyl (C=O) groups is 1. The molecule has 0 heterocycles. The second-order valence-electron chi connectivity index (χ2n) is 3.51. The molecule has 19 heavy (non-hydrogen) atoms. The molecule has 0 aliphatic rings. The van der Waals surface area contributed by atoms with Gasteiger partial charge in [-0.25, -0.2) is 4.79 Å². The summed E-state index contributed by atoms with van der Waals surface area (Å²) in [6.45, 7) is 2.27. The second kappa shape index (κ2) is 7.67. The first-order valence-electron chi connectivity index (χ1n) is 5.53. The Labute approximate surface area is 121 Å². The molecule has 0 aromatic heterocycles. The van der Waals surface area contributed by atoms with Crippen LogP contribution in [0.5, 0.6) is 0 Å². The van der Waals surface area contributed by atoms with Gasteiger partial charge in [0, 0.05) is 22.8 Å². The second-order valence-corrected chi connectivity index (χ2v) is 4.35. The van der Waals surface area contributed by atoms with Gasteiger partial charge in [-0.05, 0) is 24.6 Å². The van der Waals surface area contributed by atoms with Crippen LogP contribution in [0.4, 0.5) is 0 Å². The summed E-state index contributed by atoms with van der Waals surface area (Å²) in [6.07, 6.45) is 1.31. The van der Waals surface area contributed by atoms with Crippen LogP contribution in [0.3, 0.4) is 0 Å². The molecule has 0 radical (unpaired) electrons. The average molecular weight is 299 g/mol. The number of carbonyl (C=O) groups excluding carboxylic acids is 1. The molecular weight excluding hydrogens is 287 g/mol. The van der Waals surface area contributed by atoms with E-state index in [-0.39, 0.29) is 12.2 Å². The SMILES string of the molecule is CCOC(=O)/C(C#N)=C/NCc1ccc(Cl)cc1Cl. The Morgan fingerprint density at radius 3 is 2.84 bits per heavy atom. The summed E-state index contributed by atoms with van der Waals surface area (Å²) in [7, 11) is 0. The van der Waals surface area contributed by atoms with E-state index in [0.29, 0.717) is 16.6 Å². The molecule has 0 spiro atoms. The highest BCUT2D eigenvalue weighted by Gasteiger charge is 2.09. The van der Waals surface area contributed by atoms with E-state index in [2.05, 4.69) is 5.32 Å². The molecule has 0 aliphatic heterocycles. The smallest absolute Gasteiger partial charge is 0.350 e. The first-order chi connectivity index (χ1) is 9.08. The summed E-state index contributed by atoms with van der Waals surface area (Å²) in [6, 6.07) is 6.87. The maximum atomic E-state index is 11.3. The number of nitrogens with zero attached hydrogens (tertiary/aromatic N) is 1. The fourth-order valence-electron chi connectivity index (χ4n) is 1.27. The minimum atomic E-state index is -0.653. The first kappa shape index (κ1) is 15.4. The molecule has 0 fully saturated rings. The monoisotopic (exact) mass is 298 g/mol. The van der Waals surface area contributed by atoms with Gasteiger partial charge in [0.15, 0.2) is 5.57 Å². The Kier molecular flexibility index (Phi) is 6.20. The predicted octanol–water partition coefficient (Wildman–Crippen LogP) is 3.05. The van der Waals surface area contributed by atoms with Crippen molar-refractivity contribution in [2.24, 2.45) is 0 Å². The molecule has 0 saturated carbocycles. The van der Waals surface area contributed by atoms with E-state index in [0.717, 1.165) is 5.56 Å². The number of halogens is 2. The summed E-state index contributed by atoms with van der Waals surface area (Å²) in [4.78, 5) is 11.3. The first-order valence-corrected chi connectivity index (χ1v) is 6.28. The molecule has 0 saturated heterocycles. The number of ether oxygens (including phenoxy) is 1. The van der Waals surface area contributed by atoms with Gasteiger partial charge in [-0.2, -0.15) is 5.26 Å². The quantitative estimate of drug-likeness (QED) is 0.515. The number of hydrogen-bond acceptors (Lipinski definition) is 4. The normalized spacial score (nSPS) is 10.7. The highest BCUT2D eigenvalue weighted by Crippen LogP contribution is 2.20. The number of benzene rings is 1. The zero-order valence-electron chi connectivity index (χ0n) is 10.2. The lowest BCUT2D eigenvalue weighted by molar-refractivity contribution is -0.138. The fourth-order valence-corrected chi connectivity index (χ4v) is 1.75. The number of nitriles is 1. The topological polar surface area (TPSA) is 62.1 Å². The van der Waals surface area contributed by atoms with Crippen LogP contribution in [-0.4, -0.2) is 12.6 Å². The van der Waals surface area contributed by atoms with Crippen LogP contribution in [0.1, 0.15) is 12.5 Å². The molecule has 1 aromatic carbocycles. The van der Waals surface area contributed by atoms with E-state index >= 15 is 0 Å². The summed E-state index contributed by atoms with van der Waals surface area (Å²) >= 11 is 11.8. The minimum absolute atomic E-state index is 0.0908. The van der Waals surface area contributed by atoms with Crippen LogP contribution in [0.25, 0.3) is 0 Å². The lowest BCUT2D eigenvalue weighted by Crippen LogP contribution is -2.12. The van der Waals surface area contributed by atoms with Crippen molar-refractivity contribution in [3.05, 3.63) is 45.6 Å². The number of esters is 1. The van der Waals surface area contributed by atoms with Crippen molar-refractivity contribution in [3.63, 3.8) is 0 Å². The zero-order valence-corrected chi connectivity index (χ0v) is 11.8. The fraction of sp³-hybridized carbons (Fsp3) is 0.231. The van der Waals surface area contributed by atoms with Crippen LogP contribution in [0, 0.1) is 11.3 Å². The van der Waals surface area contributed by atoms with E-state index < -0.39 is 5.97 Å². The molecule has 0 aliphatic carbocycles. The van der Waals surface area contributed by atoms with Gasteiger partial charge < -0.3 is 10.1 Å². The number of rotatable bonds is 5. The maximum Gasteiger partial charge on any atom is 0.350 e. The lowest BCUT2D eigenvalue weighted by Gasteiger charge is -2.05. The molecule has 0 atom stereocenters. The van der Waals surface area contributed by atoms with Crippen molar-refractivity contribution in [3.8, 4) is 6.07 Å². The number of hydrogen-bond donors (Lipinski definition) is 1.